The molecule has 0 aromatic heterocycles. The second kappa shape index (κ2) is 9.43. The van der Waals surface area contributed by atoms with Gasteiger partial charge in [0.15, 0.2) is 17.6 Å². The fourth-order valence-electron chi connectivity index (χ4n) is 4.71. The average molecular weight is 505 g/mol. The number of nitrogens with zero attached hydrogens (tertiary/aromatic N) is 3. The Kier molecular flexibility index (Phi) is 6.14. The van der Waals surface area contributed by atoms with Gasteiger partial charge in [0.2, 0.25) is 5.91 Å². The van der Waals surface area contributed by atoms with Crippen molar-refractivity contribution in [3.05, 3.63) is 82.4 Å². The Bertz CT molecular complexity index is 1380. The number of methoxy groups -OCH3 is 1. The molecule has 3 unspecified atom stereocenters. The third-order valence-electron chi connectivity index (χ3n) is 6.36. The summed E-state index contributed by atoms with van der Waals surface area (Å²) in [5.74, 6) is -1.33. The summed E-state index contributed by atoms with van der Waals surface area (Å²) in [5.41, 5.74) is 1.02. The molecule has 0 saturated carbocycles. The summed E-state index contributed by atoms with van der Waals surface area (Å²) >= 11 is 0. The van der Waals surface area contributed by atoms with E-state index in [-0.39, 0.29) is 17.2 Å². The number of hydrogen-bond donors (Lipinski definition) is 1. The molecule has 3 atom stereocenters. The molecule has 2 heterocycles. The fraction of sp³-hybridized carbons (Fsp3) is 0.231. The lowest BCUT2D eigenvalue weighted by atomic mass is 9.90. The second-order valence-electron chi connectivity index (χ2n) is 8.47. The Labute approximate surface area is 211 Å². The predicted octanol–water partition coefficient (Wildman–Crippen LogP) is 3.76. The summed E-state index contributed by atoms with van der Waals surface area (Å²) in [7, 11) is 1.39. The van der Waals surface area contributed by atoms with E-state index in [1.807, 2.05) is 6.92 Å². The van der Waals surface area contributed by atoms with Crippen LogP contribution in [0.5, 0.6) is 17.2 Å². The Morgan fingerprint density at radius 3 is 2.46 bits per heavy atom. The Morgan fingerprint density at radius 2 is 1.78 bits per heavy atom. The van der Waals surface area contributed by atoms with Crippen molar-refractivity contribution in [2.75, 3.05) is 23.7 Å². The van der Waals surface area contributed by atoms with Crippen LogP contribution in [-0.4, -0.2) is 41.7 Å². The number of hydrogen-bond acceptors (Lipinski definition) is 9. The number of rotatable bonds is 7. The summed E-state index contributed by atoms with van der Waals surface area (Å²) in [6.07, 6.45) is -1.16. The summed E-state index contributed by atoms with van der Waals surface area (Å²) < 4.78 is 10.7. The van der Waals surface area contributed by atoms with Crippen LogP contribution in [0.3, 0.4) is 0 Å². The first-order valence-electron chi connectivity index (χ1n) is 11.5. The maximum absolute atomic E-state index is 13.7. The van der Waals surface area contributed by atoms with E-state index in [1.165, 1.54) is 36.4 Å². The van der Waals surface area contributed by atoms with Gasteiger partial charge in [0.1, 0.15) is 11.7 Å². The lowest BCUT2D eigenvalue weighted by Crippen LogP contribution is -2.37. The molecule has 11 heteroatoms. The van der Waals surface area contributed by atoms with E-state index in [9.17, 15) is 24.8 Å². The minimum atomic E-state index is -1.16. The van der Waals surface area contributed by atoms with E-state index in [0.29, 0.717) is 29.3 Å². The van der Waals surface area contributed by atoms with Crippen molar-refractivity contribution < 1.29 is 33.9 Å². The lowest BCUT2D eigenvalue weighted by molar-refractivity contribution is -0.384. The summed E-state index contributed by atoms with van der Waals surface area (Å²) in [6, 6.07) is 16.0. The summed E-state index contributed by atoms with van der Waals surface area (Å²) in [4.78, 5) is 45.2. The van der Waals surface area contributed by atoms with Gasteiger partial charge in [-0.2, -0.15) is 0 Å². The van der Waals surface area contributed by atoms with Gasteiger partial charge >= 0.3 is 0 Å². The number of phenolic OH excluding ortho intramolecular Hbond substituents is 1. The number of ether oxygens (including phenoxy) is 2. The van der Waals surface area contributed by atoms with Crippen LogP contribution in [0.25, 0.3) is 0 Å². The number of non-ortho nitro benzene ring substituents is 1. The van der Waals surface area contributed by atoms with Gasteiger partial charge in [0, 0.05) is 12.1 Å². The minimum Gasteiger partial charge on any atom is -0.504 e. The number of fused-ring (bicyclic) bond motifs is 1. The first kappa shape index (κ1) is 24.1. The molecule has 2 aliphatic heterocycles. The first-order chi connectivity index (χ1) is 17.8. The molecular formula is C26H23N3O8. The number of anilines is 2. The SMILES string of the molecule is CCOc1ccc(N2C(=O)C3ON(c4cccc([N+](=O)[O-])c4)C(c4ccc(O)c(OC)c4)C3C2=O)cc1. The zero-order valence-electron chi connectivity index (χ0n) is 19.9. The normalized spacial score (nSPS) is 20.8. The summed E-state index contributed by atoms with van der Waals surface area (Å²) in [5, 5.41) is 22.8. The molecule has 2 fully saturated rings. The molecule has 2 saturated heterocycles. The first-order valence-corrected chi connectivity index (χ1v) is 11.5. The molecule has 5 rings (SSSR count). The van der Waals surface area contributed by atoms with Crippen LogP contribution < -0.4 is 19.4 Å². The molecule has 3 aromatic carbocycles. The zero-order valence-corrected chi connectivity index (χ0v) is 19.9. The molecule has 190 valence electrons. The van der Waals surface area contributed by atoms with Crippen LogP contribution in [0, 0.1) is 16.0 Å². The molecule has 3 aromatic rings. The van der Waals surface area contributed by atoms with Crippen molar-refractivity contribution in [1.82, 2.24) is 0 Å². The van der Waals surface area contributed by atoms with Crippen molar-refractivity contribution in [1.29, 1.82) is 0 Å². The maximum atomic E-state index is 13.7. The molecule has 2 amide bonds. The van der Waals surface area contributed by atoms with Gasteiger partial charge in [-0.25, -0.2) is 9.96 Å². The van der Waals surface area contributed by atoms with Gasteiger partial charge in [0.25, 0.3) is 11.6 Å². The number of nitro groups is 1. The molecular weight excluding hydrogens is 482 g/mol. The largest absolute Gasteiger partial charge is 0.504 e. The minimum absolute atomic E-state index is 0.103. The number of nitro benzene ring substituents is 1. The predicted molar refractivity (Wildman–Crippen MR) is 131 cm³/mol. The van der Waals surface area contributed by atoms with E-state index < -0.39 is 34.8 Å². The van der Waals surface area contributed by atoms with Crippen LogP contribution >= 0.6 is 0 Å². The number of carbonyl (C=O) groups is 2. The van der Waals surface area contributed by atoms with Gasteiger partial charge in [-0.05, 0) is 55.0 Å². The van der Waals surface area contributed by atoms with Gasteiger partial charge in [-0.3, -0.25) is 24.5 Å². The number of benzene rings is 3. The van der Waals surface area contributed by atoms with Gasteiger partial charge in [-0.1, -0.05) is 12.1 Å². The van der Waals surface area contributed by atoms with Crippen LogP contribution in [0.1, 0.15) is 18.5 Å². The third kappa shape index (κ3) is 4.08. The number of hydroxylamine groups is 1. The summed E-state index contributed by atoms with van der Waals surface area (Å²) in [6.45, 7) is 2.33. The lowest BCUT2D eigenvalue weighted by Gasteiger charge is -2.29. The van der Waals surface area contributed by atoms with E-state index in [1.54, 1.807) is 42.5 Å². The molecule has 0 radical (unpaired) electrons. The van der Waals surface area contributed by atoms with Crippen molar-refractivity contribution in [2.45, 2.75) is 19.1 Å². The van der Waals surface area contributed by atoms with Crippen molar-refractivity contribution in [2.24, 2.45) is 5.92 Å². The number of phenols is 1. The van der Waals surface area contributed by atoms with Gasteiger partial charge in [0.05, 0.1) is 36.1 Å². The van der Waals surface area contributed by atoms with Crippen molar-refractivity contribution in [3.8, 4) is 17.2 Å². The molecule has 1 N–H and O–H groups in total. The van der Waals surface area contributed by atoms with Gasteiger partial charge < -0.3 is 14.6 Å². The molecule has 37 heavy (non-hydrogen) atoms. The monoisotopic (exact) mass is 505 g/mol. The number of aromatic hydroxyl groups is 1. The Morgan fingerprint density at radius 1 is 1.03 bits per heavy atom. The zero-order chi connectivity index (χ0) is 26.3. The average Bonchev–Trinajstić information content (AvgIpc) is 3.41. The number of amides is 2. The van der Waals surface area contributed by atoms with Crippen molar-refractivity contribution >= 4 is 28.9 Å². The highest BCUT2D eigenvalue weighted by molar-refractivity contribution is 6.24. The van der Waals surface area contributed by atoms with E-state index in [4.69, 9.17) is 14.3 Å². The molecule has 0 aliphatic carbocycles. The van der Waals surface area contributed by atoms with Crippen LogP contribution in [0.2, 0.25) is 0 Å². The smallest absolute Gasteiger partial charge is 0.271 e. The van der Waals surface area contributed by atoms with Crippen LogP contribution in [-0.2, 0) is 14.4 Å². The highest BCUT2D eigenvalue weighted by Crippen LogP contribution is 2.49. The van der Waals surface area contributed by atoms with E-state index >= 15 is 0 Å². The standard InChI is InChI=1S/C26H23N3O8/c1-3-36-19-10-8-16(9-11-19)27-25(31)22-23(15-7-12-20(30)21(13-15)35-2)28(37-24(22)26(27)32)17-5-4-6-18(14-17)29(33)34/h4-14,22-24,30H,3H2,1-2H3. The quantitative estimate of drug-likeness (QED) is 0.290. The topological polar surface area (TPSA) is 132 Å². The number of carbonyl (C=O) groups excluding carboxylic acids is 2. The highest BCUT2D eigenvalue weighted by atomic mass is 16.7. The van der Waals surface area contributed by atoms with Crippen LogP contribution in [0.4, 0.5) is 17.1 Å². The maximum Gasteiger partial charge on any atom is 0.271 e. The van der Waals surface area contributed by atoms with Gasteiger partial charge in [-0.15, -0.1) is 0 Å². The Hall–Kier alpha value is -4.64. The highest BCUT2D eigenvalue weighted by Gasteiger charge is 2.60. The number of imide groups is 1. The fourth-order valence-corrected chi connectivity index (χ4v) is 4.71. The third-order valence-corrected chi connectivity index (χ3v) is 6.36. The van der Waals surface area contributed by atoms with E-state index in [2.05, 4.69) is 0 Å². The molecule has 0 spiro atoms. The Balaban J connectivity index is 1.57. The molecule has 2 aliphatic rings. The molecule has 0 bridgehead atoms. The molecule has 11 nitrogen and oxygen atoms in total. The second-order valence-corrected chi connectivity index (χ2v) is 8.47. The van der Waals surface area contributed by atoms with Crippen LogP contribution in [0.15, 0.2) is 66.7 Å². The van der Waals surface area contributed by atoms with E-state index in [0.717, 1.165) is 4.90 Å². The van der Waals surface area contributed by atoms with Crippen molar-refractivity contribution in [3.63, 3.8) is 0 Å².